The van der Waals surface area contributed by atoms with Gasteiger partial charge in [0.05, 0.1) is 25.4 Å². The third-order valence-corrected chi connectivity index (χ3v) is 3.09. The monoisotopic (exact) mass is 237 g/mol. The molecule has 2 aliphatic rings. The van der Waals surface area contributed by atoms with Crippen molar-refractivity contribution in [2.75, 3.05) is 19.8 Å². The zero-order chi connectivity index (χ0) is 12.5. The molecule has 2 rings (SSSR count). The molecule has 0 spiro atoms. The summed E-state index contributed by atoms with van der Waals surface area (Å²) in [7, 11) is 0. The summed E-state index contributed by atoms with van der Waals surface area (Å²) in [5.74, 6) is -0.294. The zero-order valence-electron chi connectivity index (χ0n) is 10.7. The van der Waals surface area contributed by atoms with Crippen LogP contribution in [0.4, 0.5) is 0 Å². The molecule has 0 bridgehead atoms. The van der Waals surface area contributed by atoms with Gasteiger partial charge in [0, 0.05) is 0 Å². The SMILES string of the molecule is CCOC(=O)C1=NCC2=C1CCOC(C)(C)C2. The largest absolute Gasteiger partial charge is 0.461 e. The summed E-state index contributed by atoms with van der Waals surface area (Å²) < 4.78 is 10.8. The fourth-order valence-electron chi connectivity index (χ4n) is 2.37. The molecular formula is C13H19NO3. The van der Waals surface area contributed by atoms with Gasteiger partial charge < -0.3 is 9.47 Å². The zero-order valence-corrected chi connectivity index (χ0v) is 10.7. The lowest BCUT2D eigenvalue weighted by Crippen LogP contribution is -2.24. The van der Waals surface area contributed by atoms with Crippen LogP contribution >= 0.6 is 0 Å². The maximum Gasteiger partial charge on any atom is 0.356 e. The fraction of sp³-hybridized carbons (Fsp3) is 0.692. The van der Waals surface area contributed by atoms with Gasteiger partial charge in [0.25, 0.3) is 0 Å². The minimum absolute atomic E-state index is 0.156. The molecule has 0 aliphatic carbocycles. The van der Waals surface area contributed by atoms with Crippen LogP contribution in [0.25, 0.3) is 0 Å². The summed E-state index contributed by atoms with van der Waals surface area (Å²) in [6.07, 6.45) is 1.60. The first-order valence-electron chi connectivity index (χ1n) is 6.10. The second-order valence-electron chi connectivity index (χ2n) is 5.00. The van der Waals surface area contributed by atoms with Crippen LogP contribution in [0.5, 0.6) is 0 Å². The van der Waals surface area contributed by atoms with Crippen LogP contribution in [0, 0.1) is 0 Å². The second-order valence-corrected chi connectivity index (χ2v) is 5.00. The molecule has 0 N–H and O–H groups in total. The molecular weight excluding hydrogens is 218 g/mol. The summed E-state index contributed by atoms with van der Waals surface area (Å²) in [5, 5.41) is 0. The van der Waals surface area contributed by atoms with Gasteiger partial charge in [-0.15, -0.1) is 0 Å². The highest BCUT2D eigenvalue weighted by Crippen LogP contribution is 2.32. The normalized spacial score (nSPS) is 22.9. The minimum Gasteiger partial charge on any atom is -0.461 e. The van der Waals surface area contributed by atoms with Crippen LogP contribution in [-0.2, 0) is 14.3 Å². The summed E-state index contributed by atoms with van der Waals surface area (Å²) in [4.78, 5) is 16.1. The number of rotatable bonds is 2. The highest BCUT2D eigenvalue weighted by molar-refractivity contribution is 6.44. The Hall–Kier alpha value is -1.16. The van der Waals surface area contributed by atoms with E-state index in [9.17, 15) is 4.79 Å². The number of esters is 1. The highest BCUT2D eigenvalue weighted by Gasteiger charge is 2.32. The maximum atomic E-state index is 11.7. The van der Waals surface area contributed by atoms with Gasteiger partial charge >= 0.3 is 5.97 Å². The number of hydrogen-bond acceptors (Lipinski definition) is 4. The van der Waals surface area contributed by atoms with Crippen LogP contribution in [0.2, 0.25) is 0 Å². The van der Waals surface area contributed by atoms with Crippen molar-refractivity contribution in [3.8, 4) is 0 Å². The number of hydrogen-bond donors (Lipinski definition) is 0. The third-order valence-electron chi connectivity index (χ3n) is 3.09. The van der Waals surface area contributed by atoms with Gasteiger partial charge in [-0.3, -0.25) is 4.99 Å². The van der Waals surface area contributed by atoms with Gasteiger partial charge in [0.1, 0.15) is 5.71 Å². The molecule has 0 saturated heterocycles. The minimum atomic E-state index is -0.294. The Kier molecular flexibility index (Phi) is 3.33. The van der Waals surface area contributed by atoms with Crippen molar-refractivity contribution in [3.05, 3.63) is 11.1 Å². The number of ether oxygens (including phenoxy) is 2. The van der Waals surface area contributed by atoms with E-state index in [4.69, 9.17) is 9.47 Å². The van der Waals surface area contributed by atoms with Gasteiger partial charge in [-0.2, -0.15) is 0 Å². The molecule has 0 radical (unpaired) electrons. The Morgan fingerprint density at radius 2 is 2.29 bits per heavy atom. The Balaban J connectivity index is 2.19. The van der Waals surface area contributed by atoms with Crippen molar-refractivity contribution in [1.29, 1.82) is 0 Å². The van der Waals surface area contributed by atoms with Gasteiger partial charge in [-0.05, 0) is 44.8 Å². The quantitative estimate of drug-likeness (QED) is 0.689. The average molecular weight is 237 g/mol. The third kappa shape index (κ3) is 2.57. The van der Waals surface area contributed by atoms with Gasteiger partial charge in [-0.1, -0.05) is 0 Å². The number of carbonyl (C=O) groups excluding carboxylic acids is 1. The predicted molar refractivity (Wildman–Crippen MR) is 65.2 cm³/mol. The van der Waals surface area contributed by atoms with Crippen LogP contribution in [0.1, 0.15) is 33.6 Å². The molecule has 0 unspecified atom stereocenters. The standard InChI is InChI=1S/C13H19NO3/c1-4-16-12(15)11-10-5-6-17-13(2,3)7-9(10)8-14-11/h4-8H2,1-3H3. The van der Waals surface area contributed by atoms with Gasteiger partial charge in [0.2, 0.25) is 0 Å². The molecule has 0 aromatic rings. The Labute approximate surface area is 102 Å². The maximum absolute atomic E-state index is 11.7. The molecule has 0 amide bonds. The molecule has 94 valence electrons. The molecule has 0 aromatic carbocycles. The molecule has 17 heavy (non-hydrogen) atoms. The van der Waals surface area contributed by atoms with Crippen LogP contribution in [-0.4, -0.2) is 37.0 Å². The molecule has 0 fully saturated rings. The molecule has 0 saturated carbocycles. The summed E-state index contributed by atoms with van der Waals surface area (Å²) >= 11 is 0. The summed E-state index contributed by atoms with van der Waals surface area (Å²) in [6.45, 7) is 7.61. The summed E-state index contributed by atoms with van der Waals surface area (Å²) in [5.41, 5.74) is 2.64. The fourth-order valence-corrected chi connectivity index (χ4v) is 2.37. The van der Waals surface area contributed by atoms with E-state index in [1.807, 2.05) is 6.92 Å². The molecule has 0 aromatic heterocycles. The van der Waals surface area contributed by atoms with E-state index < -0.39 is 0 Å². The first-order chi connectivity index (χ1) is 8.03. The lowest BCUT2D eigenvalue weighted by Gasteiger charge is -2.23. The van der Waals surface area contributed by atoms with Crippen molar-refractivity contribution in [1.82, 2.24) is 0 Å². The summed E-state index contributed by atoms with van der Waals surface area (Å²) in [6, 6.07) is 0. The van der Waals surface area contributed by atoms with E-state index in [2.05, 4.69) is 18.8 Å². The Bertz CT molecular complexity index is 393. The van der Waals surface area contributed by atoms with Crippen LogP contribution in [0.15, 0.2) is 16.1 Å². The molecule has 2 aliphatic heterocycles. The van der Waals surface area contributed by atoms with E-state index in [1.165, 1.54) is 5.57 Å². The average Bonchev–Trinajstić information content (AvgIpc) is 2.54. The van der Waals surface area contributed by atoms with Crippen LogP contribution < -0.4 is 0 Å². The van der Waals surface area contributed by atoms with Gasteiger partial charge in [-0.25, -0.2) is 4.79 Å². The van der Waals surface area contributed by atoms with Crippen molar-refractivity contribution in [2.45, 2.75) is 39.2 Å². The van der Waals surface area contributed by atoms with Crippen molar-refractivity contribution >= 4 is 11.7 Å². The van der Waals surface area contributed by atoms with Crippen molar-refractivity contribution in [3.63, 3.8) is 0 Å². The predicted octanol–water partition coefficient (Wildman–Crippen LogP) is 1.89. The van der Waals surface area contributed by atoms with Crippen LogP contribution in [0.3, 0.4) is 0 Å². The molecule has 4 nitrogen and oxygen atoms in total. The molecule has 0 atom stereocenters. The van der Waals surface area contributed by atoms with Gasteiger partial charge in [0.15, 0.2) is 0 Å². The number of nitrogens with zero attached hydrogens (tertiary/aromatic N) is 1. The van der Waals surface area contributed by atoms with E-state index in [0.717, 1.165) is 18.4 Å². The van der Waals surface area contributed by atoms with E-state index in [-0.39, 0.29) is 11.6 Å². The molecule has 2 heterocycles. The van der Waals surface area contributed by atoms with E-state index in [1.54, 1.807) is 0 Å². The van der Waals surface area contributed by atoms with Crippen molar-refractivity contribution in [2.24, 2.45) is 4.99 Å². The van der Waals surface area contributed by atoms with E-state index in [0.29, 0.717) is 25.5 Å². The highest BCUT2D eigenvalue weighted by atomic mass is 16.5. The van der Waals surface area contributed by atoms with Crippen molar-refractivity contribution < 1.29 is 14.3 Å². The lowest BCUT2D eigenvalue weighted by atomic mass is 9.95. The topological polar surface area (TPSA) is 47.9 Å². The Morgan fingerprint density at radius 3 is 3.00 bits per heavy atom. The smallest absolute Gasteiger partial charge is 0.356 e. The van der Waals surface area contributed by atoms with E-state index >= 15 is 0 Å². The molecule has 4 heteroatoms. The number of carbonyl (C=O) groups is 1. The Morgan fingerprint density at radius 1 is 1.53 bits per heavy atom. The number of aliphatic imine (C=N–C) groups is 1. The first kappa shape index (κ1) is 12.3. The second kappa shape index (κ2) is 4.61. The first-order valence-corrected chi connectivity index (χ1v) is 6.10. The lowest BCUT2D eigenvalue weighted by molar-refractivity contribution is -0.134.